The Hall–Kier alpha value is -1.43. The topological polar surface area (TPSA) is 98.5 Å². The zero-order chi connectivity index (χ0) is 19.5. The Morgan fingerprint density at radius 2 is 1.50 bits per heavy atom. The van der Waals surface area contributed by atoms with E-state index in [1.54, 1.807) is 27.7 Å². The van der Waals surface area contributed by atoms with Gasteiger partial charge in [0, 0.05) is 13.0 Å². The molecule has 0 aliphatic carbocycles. The number of carbonyl (C=O) groups is 3. The second kappa shape index (κ2) is 7.64. The Labute approximate surface area is 145 Å². The zero-order valence-electron chi connectivity index (χ0n) is 16.6. The van der Waals surface area contributed by atoms with Crippen LogP contribution in [0.2, 0.25) is 0 Å². The summed E-state index contributed by atoms with van der Waals surface area (Å²) < 4.78 is 5.40. The fraction of sp³-hybridized carbons (Fsp3) is 0.833. The summed E-state index contributed by atoms with van der Waals surface area (Å²) in [7, 11) is 1.40. The first-order valence-corrected chi connectivity index (χ1v) is 8.40. The lowest BCUT2D eigenvalue weighted by atomic mass is 9.66. The van der Waals surface area contributed by atoms with Crippen LogP contribution in [-0.2, 0) is 19.1 Å². The molecular weight excluding hydrogens is 308 g/mol. The molecule has 24 heavy (non-hydrogen) atoms. The monoisotopic (exact) mass is 342 g/mol. The Balaban J connectivity index is 5.94. The van der Waals surface area contributed by atoms with E-state index >= 15 is 0 Å². The van der Waals surface area contributed by atoms with Crippen molar-refractivity contribution in [3.05, 3.63) is 0 Å². The molecule has 0 fully saturated rings. The fourth-order valence-corrected chi connectivity index (χ4v) is 2.67. The van der Waals surface area contributed by atoms with Crippen LogP contribution in [-0.4, -0.2) is 35.8 Å². The molecule has 0 radical (unpaired) electrons. The van der Waals surface area contributed by atoms with E-state index in [-0.39, 0.29) is 5.92 Å². The zero-order valence-corrected chi connectivity index (χ0v) is 16.6. The molecule has 0 spiro atoms. The van der Waals surface area contributed by atoms with Gasteiger partial charge in [-0.15, -0.1) is 0 Å². The average molecular weight is 342 g/mol. The van der Waals surface area contributed by atoms with E-state index in [2.05, 4.69) is 5.32 Å². The molecule has 140 valence electrons. The molecule has 0 aromatic heterocycles. The third-order valence-corrected chi connectivity index (χ3v) is 4.14. The number of nitrogens with two attached hydrogens (primary N) is 1. The van der Waals surface area contributed by atoms with Crippen molar-refractivity contribution in [2.45, 2.75) is 73.0 Å². The van der Waals surface area contributed by atoms with Crippen LogP contribution in [0.25, 0.3) is 0 Å². The second-order valence-electron chi connectivity index (χ2n) is 8.41. The first kappa shape index (κ1) is 22.6. The van der Waals surface area contributed by atoms with Crippen LogP contribution in [0.4, 0.5) is 0 Å². The third-order valence-electron chi connectivity index (χ3n) is 4.14. The highest BCUT2D eigenvalue weighted by Gasteiger charge is 2.59. The van der Waals surface area contributed by atoms with Crippen molar-refractivity contribution in [3.8, 4) is 0 Å². The molecule has 1 amide bonds. The lowest BCUT2D eigenvalue weighted by molar-refractivity contribution is -0.174. The van der Waals surface area contributed by atoms with E-state index in [0.29, 0.717) is 6.42 Å². The quantitative estimate of drug-likeness (QED) is 0.545. The maximum Gasteiger partial charge on any atom is 0.314 e. The smallest absolute Gasteiger partial charge is 0.314 e. The molecule has 3 N–H and O–H groups in total. The fourth-order valence-electron chi connectivity index (χ4n) is 2.67. The molecule has 0 saturated carbocycles. The van der Waals surface area contributed by atoms with E-state index in [4.69, 9.17) is 10.5 Å². The van der Waals surface area contributed by atoms with Crippen LogP contribution >= 0.6 is 0 Å². The Morgan fingerprint density at radius 1 is 1.04 bits per heavy atom. The van der Waals surface area contributed by atoms with Crippen LogP contribution in [0.3, 0.4) is 0 Å². The lowest BCUT2D eigenvalue weighted by Crippen LogP contribution is -2.70. The highest BCUT2D eigenvalue weighted by atomic mass is 16.6. The summed E-state index contributed by atoms with van der Waals surface area (Å²) >= 11 is 0. The van der Waals surface area contributed by atoms with Gasteiger partial charge in [-0.05, 0) is 47.0 Å². The molecule has 1 unspecified atom stereocenters. The molecule has 0 rings (SSSR count). The number of rotatable bonds is 7. The van der Waals surface area contributed by atoms with Gasteiger partial charge in [0.05, 0.1) is 5.41 Å². The Bertz CT molecular complexity index is 492. The van der Waals surface area contributed by atoms with E-state index in [1.807, 2.05) is 13.8 Å². The molecule has 0 aliphatic rings. The van der Waals surface area contributed by atoms with Crippen molar-refractivity contribution in [2.75, 3.05) is 7.05 Å². The number of hydrogen-bond donors (Lipinski definition) is 2. The maximum absolute atomic E-state index is 13.0. The van der Waals surface area contributed by atoms with Gasteiger partial charge >= 0.3 is 5.97 Å². The summed E-state index contributed by atoms with van der Waals surface area (Å²) in [6.07, 6.45) is 0.583. The number of carbonyl (C=O) groups excluding carboxylic acids is 3. The normalized spacial score (nSPS) is 16.3. The first-order chi connectivity index (χ1) is 10.6. The maximum atomic E-state index is 13.0. The summed E-state index contributed by atoms with van der Waals surface area (Å²) in [6, 6.07) is 0. The minimum absolute atomic E-state index is 0.266. The second-order valence-corrected chi connectivity index (χ2v) is 8.41. The highest BCUT2D eigenvalue weighted by molar-refractivity contribution is 6.15. The van der Waals surface area contributed by atoms with Gasteiger partial charge in [0.1, 0.15) is 5.60 Å². The van der Waals surface area contributed by atoms with Crippen LogP contribution in [0.15, 0.2) is 0 Å². The SMILES string of the molecule is CNC(=O)[C@](N)(C(=O)C(C)CC(C)C)C(C)(C)C(=O)OC(C)(C)C. The molecule has 2 atom stereocenters. The number of ketones is 1. The van der Waals surface area contributed by atoms with Crippen molar-refractivity contribution in [1.82, 2.24) is 5.32 Å². The number of ether oxygens (including phenoxy) is 1. The van der Waals surface area contributed by atoms with E-state index in [0.717, 1.165) is 0 Å². The van der Waals surface area contributed by atoms with E-state index < -0.39 is 40.1 Å². The molecule has 0 aromatic carbocycles. The molecule has 0 aromatic rings. The van der Waals surface area contributed by atoms with E-state index in [1.165, 1.54) is 20.9 Å². The van der Waals surface area contributed by atoms with Gasteiger partial charge in [-0.25, -0.2) is 0 Å². The molecular formula is C18H34N2O4. The number of nitrogens with one attached hydrogen (secondary N) is 1. The summed E-state index contributed by atoms with van der Waals surface area (Å²) in [5, 5.41) is 2.43. The van der Waals surface area contributed by atoms with Crippen molar-refractivity contribution in [2.24, 2.45) is 23.0 Å². The van der Waals surface area contributed by atoms with Gasteiger partial charge in [0.2, 0.25) is 5.91 Å². The van der Waals surface area contributed by atoms with Crippen molar-refractivity contribution in [1.29, 1.82) is 0 Å². The largest absolute Gasteiger partial charge is 0.459 e. The first-order valence-electron chi connectivity index (χ1n) is 8.40. The number of likely N-dealkylation sites (N-methyl/N-ethyl adjacent to an activating group) is 1. The van der Waals surface area contributed by atoms with Crippen LogP contribution in [0, 0.1) is 17.3 Å². The Morgan fingerprint density at radius 3 is 1.83 bits per heavy atom. The number of amides is 1. The van der Waals surface area contributed by atoms with Gasteiger partial charge in [0.15, 0.2) is 11.3 Å². The molecule has 0 bridgehead atoms. The Kier molecular flexibility index (Phi) is 7.18. The van der Waals surface area contributed by atoms with Gasteiger partial charge in [-0.1, -0.05) is 20.8 Å². The average Bonchev–Trinajstić information content (AvgIpc) is 2.41. The van der Waals surface area contributed by atoms with Crippen LogP contribution in [0.5, 0.6) is 0 Å². The molecule has 6 heteroatoms. The van der Waals surface area contributed by atoms with Gasteiger partial charge in [-0.2, -0.15) is 0 Å². The summed E-state index contributed by atoms with van der Waals surface area (Å²) in [5.41, 5.74) is 2.05. The predicted molar refractivity (Wildman–Crippen MR) is 94.2 cm³/mol. The molecule has 0 aliphatic heterocycles. The van der Waals surface area contributed by atoms with Gasteiger partial charge in [0.25, 0.3) is 0 Å². The molecule has 0 saturated heterocycles. The predicted octanol–water partition coefficient (Wildman–Crippen LogP) is 2.05. The lowest BCUT2D eigenvalue weighted by Gasteiger charge is -2.41. The van der Waals surface area contributed by atoms with Gasteiger partial charge < -0.3 is 15.8 Å². The van der Waals surface area contributed by atoms with E-state index in [9.17, 15) is 14.4 Å². The number of Topliss-reactive ketones (excluding diaryl/α,β-unsaturated/α-hetero) is 1. The van der Waals surface area contributed by atoms with Crippen molar-refractivity contribution in [3.63, 3.8) is 0 Å². The number of esters is 1. The minimum Gasteiger partial charge on any atom is -0.459 e. The van der Waals surface area contributed by atoms with Gasteiger partial charge in [-0.3, -0.25) is 14.4 Å². The summed E-state index contributed by atoms with van der Waals surface area (Å²) in [5.74, 6) is -1.99. The summed E-state index contributed by atoms with van der Waals surface area (Å²) in [4.78, 5) is 38.2. The molecule has 0 heterocycles. The number of hydrogen-bond acceptors (Lipinski definition) is 5. The van der Waals surface area contributed by atoms with Crippen LogP contribution in [0.1, 0.15) is 61.8 Å². The van der Waals surface area contributed by atoms with Crippen LogP contribution < -0.4 is 11.1 Å². The molecule has 6 nitrogen and oxygen atoms in total. The standard InChI is InChI=1S/C18H34N2O4/c1-11(2)10-12(3)13(21)18(19,14(22)20-9)17(7,8)15(23)24-16(4,5)6/h11-12H,10,19H2,1-9H3,(H,20,22)/t12?,18-/m1/s1. The van der Waals surface area contributed by atoms with Crippen molar-refractivity contribution >= 4 is 17.7 Å². The van der Waals surface area contributed by atoms with Crippen molar-refractivity contribution < 1.29 is 19.1 Å². The highest BCUT2D eigenvalue weighted by Crippen LogP contribution is 2.36. The minimum atomic E-state index is -2.00. The summed E-state index contributed by atoms with van der Waals surface area (Å²) in [6.45, 7) is 13.8. The third kappa shape index (κ3) is 4.79.